The Morgan fingerprint density at radius 2 is 1.64 bits per heavy atom. The Morgan fingerprint density at radius 3 is 2.36 bits per heavy atom. The molecular formula is C24H21BrN2O. The summed E-state index contributed by atoms with van der Waals surface area (Å²) in [5, 5.41) is 0. The minimum Gasteiger partial charge on any atom is -0.353 e. The molecule has 1 amide bonds. The molecule has 0 N–H and O–H groups in total. The first-order valence-corrected chi connectivity index (χ1v) is 10.3. The fourth-order valence-corrected chi connectivity index (χ4v) is 5.77. The predicted molar refractivity (Wildman–Crippen MR) is 115 cm³/mol. The summed E-state index contributed by atoms with van der Waals surface area (Å²) in [6, 6.07) is 27.1. The fourth-order valence-electron chi connectivity index (χ4n) is 5.06. The van der Waals surface area contributed by atoms with Crippen molar-refractivity contribution in [3.8, 4) is 0 Å². The number of carbonyl (C=O) groups is 1. The molecule has 140 valence electrons. The van der Waals surface area contributed by atoms with E-state index in [4.69, 9.17) is 0 Å². The number of amides is 1. The highest BCUT2D eigenvalue weighted by atomic mass is 79.9. The van der Waals surface area contributed by atoms with Crippen LogP contribution in [0.15, 0.2) is 83.3 Å². The summed E-state index contributed by atoms with van der Waals surface area (Å²) in [6.07, 6.45) is 0.436. The van der Waals surface area contributed by atoms with Crippen molar-refractivity contribution >= 4 is 27.5 Å². The van der Waals surface area contributed by atoms with Gasteiger partial charge in [0.25, 0.3) is 0 Å². The average Bonchev–Trinajstić information content (AvgIpc) is 3.15. The van der Waals surface area contributed by atoms with Crippen molar-refractivity contribution in [1.29, 1.82) is 0 Å². The molecule has 4 heteroatoms. The van der Waals surface area contributed by atoms with Crippen molar-refractivity contribution in [1.82, 2.24) is 4.90 Å². The van der Waals surface area contributed by atoms with Gasteiger partial charge in [-0.15, -0.1) is 0 Å². The summed E-state index contributed by atoms with van der Waals surface area (Å²) in [4.78, 5) is 17.7. The zero-order valence-electron chi connectivity index (χ0n) is 15.7. The largest absolute Gasteiger partial charge is 0.353 e. The zero-order valence-corrected chi connectivity index (χ0v) is 17.3. The van der Waals surface area contributed by atoms with Crippen molar-refractivity contribution < 1.29 is 4.79 Å². The highest BCUT2D eigenvalue weighted by molar-refractivity contribution is 9.10. The van der Waals surface area contributed by atoms with E-state index in [1.807, 2.05) is 24.3 Å². The van der Waals surface area contributed by atoms with Crippen LogP contribution in [0.5, 0.6) is 0 Å². The van der Waals surface area contributed by atoms with Crippen LogP contribution in [0, 0.1) is 0 Å². The second-order valence-corrected chi connectivity index (χ2v) is 8.49. The lowest BCUT2D eigenvalue weighted by atomic mass is 9.73. The summed E-state index contributed by atoms with van der Waals surface area (Å²) in [5.41, 5.74) is 4.38. The van der Waals surface area contributed by atoms with Gasteiger partial charge in [-0.25, -0.2) is 0 Å². The monoisotopic (exact) mass is 432 g/mol. The zero-order chi connectivity index (χ0) is 19.3. The summed E-state index contributed by atoms with van der Waals surface area (Å²) < 4.78 is 1.07. The van der Waals surface area contributed by atoms with E-state index < -0.39 is 0 Å². The Balaban J connectivity index is 1.71. The molecule has 3 aromatic carbocycles. The van der Waals surface area contributed by atoms with Gasteiger partial charge in [0, 0.05) is 35.7 Å². The third-order valence-electron chi connectivity index (χ3n) is 6.16. The number of hydrogen-bond donors (Lipinski definition) is 0. The summed E-state index contributed by atoms with van der Waals surface area (Å²) in [7, 11) is 2.11. The third kappa shape index (κ3) is 2.37. The second-order valence-electron chi connectivity index (χ2n) is 7.64. The number of anilines is 1. The van der Waals surface area contributed by atoms with Gasteiger partial charge in [-0.2, -0.15) is 0 Å². The maximum atomic E-state index is 13.3. The van der Waals surface area contributed by atoms with Gasteiger partial charge >= 0.3 is 0 Å². The Morgan fingerprint density at radius 1 is 0.964 bits per heavy atom. The maximum absolute atomic E-state index is 13.3. The van der Waals surface area contributed by atoms with Crippen molar-refractivity contribution in [3.63, 3.8) is 0 Å². The van der Waals surface area contributed by atoms with Crippen molar-refractivity contribution in [3.05, 3.63) is 100 Å². The lowest BCUT2D eigenvalue weighted by Gasteiger charge is -2.37. The minimum absolute atomic E-state index is 0.0451. The number of benzene rings is 3. The van der Waals surface area contributed by atoms with E-state index in [1.54, 1.807) is 0 Å². The van der Waals surface area contributed by atoms with Gasteiger partial charge in [0.2, 0.25) is 5.91 Å². The van der Waals surface area contributed by atoms with E-state index in [1.165, 1.54) is 16.8 Å². The molecule has 0 radical (unpaired) electrons. The van der Waals surface area contributed by atoms with Gasteiger partial charge < -0.3 is 9.80 Å². The van der Waals surface area contributed by atoms with E-state index in [0.29, 0.717) is 13.0 Å². The van der Waals surface area contributed by atoms with Crippen LogP contribution in [0.25, 0.3) is 0 Å². The Labute approximate surface area is 173 Å². The number of rotatable bonds is 3. The number of fused-ring (bicyclic) bond motifs is 3. The van der Waals surface area contributed by atoms with Gasteiger partial charge in [0.05, 0.1) is 5.41 Å². The second kappa shape index (κ2) is 6.49. The van der Waals surface area contributed by atoms with E-state index in [9.17, 15) is 4.79 Å². The van der Waals surface area contributed by atoms with Crippen LogP contribution in [-0.4, -0.2) is 24.0 Å². The first-order chi connectivity index (χ1) is 13.6. The van der Waals surface area contributed by atoms with Crippen LogP contribution in [-0.2, 0) is 16.8 Å². The molecule has 3 aromatic rings. The quantitative estimate of drug-likeness (QED) is 0.584. The van der Waals surface area contributed by atoms with Gasteiger partial charge in [-0.3, -0.25) is 4.79 Å². The number of nitrogens with zero attached hydrogens (tertiary/aromatic N) is 2. The van der Waals surface area contributed by atoms with Gasteiger partial charge in [-0.1, -0.05) is 82.7 Å². The molecule has 0 bridgehead atoms. The first-order valence-electron chi connectivity index (χ1n) is 9.53. The Kier molecular flexibility index (Phi) is 4.06. The Hall–Kier alpha value is -2.59. The van der Waals surface area contributed by atoms with Crippen LogP contribution in [0.4, 0.5) is 5.69 Å². The molecule has 0 aromatic heterocycles. The van der Waals surface area contributed by atoms with Crippen molar-refractivity contribution in [2.45, 2.75) is 24.5 Å². The third-order valence-corrected chi connectivity index (χ3v) is 6.82. The number of hydrogen-bond acceptors (Lipinski definition) is 2. The van der Waals surface area contributed by atoms with Crippen LogP contribution in [0.3, 0.4) is 0 Å². The van der Waals surface area contributed by atoms with Crippen LogP contribution in [0.1, 0.15) is 23.1 Å². The highest BCUT2D eigenvalue weighted by Gasteiger charge is 2.61. The van der Waals surface area contributed by atoms with E-state index >= 15 is 0 Å². The predicted octanol–water partition coefficient (Wildman–Crippen LogP) is 4.94. The number of likely N-dealkylation sites (tertiary alicyclic amines) is 1. The van der Waals surface area contributed by atoms with E-state index in [-0.39, 0.29) is 17.5 Å². The summed E-state index contributed by atoms with van der Waals surface area (Å²) in [6.45, 7) is 0.620. The van der Waals surface area contributed by atoms with Crippen molar-refractivity contribution in [2.75, 3.05) is 11.9 Å². The molecule has 2 aliphatic rings. The van der Waals surface area contributed by atoms with Gasteiger partial charge in [0.15, 0.2) is 0 Å². The molecule has 3 nitrogen and oxygen atoms in total. The van der Waals surface area contributed by atoms with Crippen LogP contribution < -0.4 is 4.90 Å². The summed E-state index contributed by atoms with van der Waals surface area (Å²) in [5.74, 6) is 0.200. The molecule has 2 heterocycles. The number of likely N-dealkylation sites (N-methyl/N-ethyl adjacent to an activating group) is 1. The van der Waals surface area contributed by atoms with Gasteiger partial charge in [0.1, 0.15) is 6.17 Å². The first kappa shape index (κ1) is 17.5. The van der Waals surface area contributed by atoms with E-state index in [2.05, 4.69) is 87.4 Å². The molecular weight excluding hydrogens is 412 g/mol. The molecule has 1 fully saturated rings. The number of halogens is 1. The summed E-state index contributed by atoms with van der Waals surface area (Å²) >= 11 is 3.79. The van der Waals surface area contributed by atoms with Crippen molar-refractivity contribution in [2.24, 2.45) is 0 Å². The molecule has 1 saturated heterocycles. The maximum Gasteiger partial charge on any atom is 0.225 e. The lowest BCUT2D eigenvalue weighted by molar-refractivity contribution is -0.129. The molecule has 0 unspecified atom stereocenters. The molecule has 5 rings (SSSR count). The van der Waals surface area contributed by atoms with Crippen LogP contribution in [0.2, 0.25) is 0 Å². The SMILES string of the molecule is CN1c2cccc(Br)c2[C@@]2(c3ccccc3)CC(=O)N(Cc3ccccc3)[C@@H]12. The van der Waals surface area contributed by atoms with E-state index in [0.717, 1.165) is 10.0 Å². The topological polar surface area (TPSA) is 23.6 Å². The molecule has 28 heavy (non-hydrogen) atoms. The molecule has 0 spiro atoms. The van der Waals surface area contributed by atoms with Crippen LogP contribution >= 0.6 is 15.9 Å². The minimum atomic E-state index is -0.378. The number of carbonyl (C=O) groups excluding carboxylic acids is 1. The molecule has 0 aliphatic carbocycles. The lowest BCUT2D eigenvalue weighted by Crippen LogP contribution is -2.49. The normalized spacial score (nSPS) is 23.1. The smallest absolute Gasteiger partial charge is 0.225 e. The van der Waals surface area contributed by atoms with Gasteiger partial charge in [-0.05, 0) is 23.3 Å². The molecule has 0 saturated carbocycles. The Bertz CT molecular complexity index is 1040. The average molecular weight is 433 g/mol. The molecule has 2 atom stereocenters. The fraction of sp³-hybridized carbons (Fsp3) is 0.208. The molecule has 2 aliphatic heterocycles. The standard InChI is InChI=1S/C24H21BrN2O/c1-26-20-14-8-13-19(25)22(20)24(18-11-6-3-7-12-18)15-21(28)27(23(24)26)16-17-9-4-2-5-10-17/h2-14,23H,15-16H2,1H3/t23-,24+/m1/s1. The highest BCUT2D eigenvalue weighted by Crippen LogP contribution is 2.57.